The predicted octanol–water partition coefficient (Wildman–Crippen LogP) is 5.39. The van der Waals surface area contributed by atoms with Crippen LogP contribution in [0.15, 0.2) is 59.6 Å². The average Bonchev–Trinajstić information content (AvgIpc) is 2.61. The lowest BCUT2D eigenvalue weighted by atomic mass is 10.1. The molecule has 26 heavy (non-hydrogen) atoms. The van der Waals surface area contributed by atoms with E-state index in [1.54, 1.807) is 11.8 Å². The van der Waals surface area contributed by atoms with Gasteiger partial charge in [0.25, 0.3) is 0 Å². The molecule has 1 aromatic carbocycles. The molecule has 1 aromatic rings. The summed E-state index contributed by atoms with van der Waals surface area (Å²) < 4.78 is 5.78. The molecule has 1 rings (SSSR count). The molecule has 3 nitrogen and oxygen atoms in total. The molecule has 4 heteroatoms. The maximum absolute atomic E-state index is 12.4. The molecule has 0 aromatic heterocycles. The molecule has 0 spiro atoms. The molecule has 0 heterocycles. The number of carbonyl (C=O) groups is 1. The molecule has 0 bridgehead atoms. The van der Waals surface area contributed by atoms with Crippen molar-refractivity contribution in [2.24, 2.45) is 0 Å². The third-order valence-electron chi connectivity index (χ3n) is 3.77. The highest BCUT2D eigenvalue weighted by Crippen LogP contribution is 2.27. The van der Waals surface area contributed by atoms with Crippen LogP contribution in [0.4, 0.5) is 0 Å². The minimum atomic E-state index is 0.184. The van der Waals surface area contributed by atoms with Crippen molar-refractivity contribution in [3.8, 4) is 5.75 Å². The van der Waals surface area contributed by atoms with Crippen LogP contribution in [0.2, 0.25) is 0 Å². The molecule has 0 amide bonds. The maximum atomic E-state index is 12.4. The maximum Gasteiger partial charge on any atom is 0.164 e. The molecule has 0 saturated carbocycles. The summed E-state index contributed by atoms with van der Waals surface area (Å²) in [6.07, 6.45) is 11.4. The highest BCUT2D eigenvalue weighted by Gasteiger charge is 2.11. The molecule has 0 saturated heterocycles. The number of benzene rings is 1. The normalized spacial score (nSPS) is 11.0. The molecule has 142 valence electrons. The van der Waals surface area contributed by atoms with Crippen molar-refractivity contribution in [1.82, 2.24) is 4.90 Å². The van der Waals surface area contributed by atoms with Gasteiger partial charge in [0.1, 0.15) is 12.4 Å². The number of carbonyl (C=O) groups excluding carboxylic acids is 1. The molecular weight excluding hydrogens is 342 g/mol. The Labute approximate surface area is 162 Å². The van der Waals surface area contributed by atoms with E-state index < -0.39 is 0 Å². The lowest BCUT2D eigenvalue weighted by Gasteiger charge is -2.11. The van der Waals surface area contributed by atoms with E-state index in [0.717, 1.165) is 35.7 Å². The number of ketones is 1. The summed E-state index contributed by atoms with van der Waals surface area (Å²) in [7, 11) is 2.05. The fourth-order valence-electron chi connectivity index (χ4n) is 2.38. The molecule has 0 atom stereocenters. The highest BCUT2D eigenvalue weighted by atomic mass is 32.2. The van der Waals surface area contributed by atoms with Crippen molar-refractivity contribution in [2.75, 3.05) is 33.0 Å². The van der Waals surface area contributed by atoms with Gasteiger partial charge in [-0.15, -0.1) is 18.3 Å². The topological polar surface area (TPSA) is 29.5 Å². The quantitative estimate of drug-likeness (QED) is 0.279. The molecule has 0 aliphatic heterocycles. The van der Waals surface area contributed by atoms with Gasteiger partial charge in [0.2, 0.25) is 0 Å². The number of allylic oxidation sites excluding steroid dienone is 2. The fraction of sp³-hybridized carbons (Fsp3) is 0.409. The lowest BCUT2D eigenvalue weighted by Crippen LogP contribution is -2.17. The monoisotopic (exact) mass is 373 g/mol. The van der Waals surface area contributed by atoms with Gasteiger partial charge in [0.15, 0.2) is 5.78 Å². The second-order valence-corrected chi connectivity index (χ2v) is 7.25. The number of hydrogen-bond acceptors (Lipinski definition) is 4. The van der Waals surface area contributed by atoms with Crippen molar-refractivity contribution < 1.29 is 9.53 Å². The first kappa shape index (κ1) is 22.3. The smallest absolute Gasteiger partial charge is 0.164 e. The number of ether oxygens (including phenoxy) is 1. The third kappa shape index (κ3) is 8.54. The Bertz CT molecular complexity index is 646. The molecule has 0 fully saturated rings. The Hall–Kier alpha value is -1.78. The number of likely N-dealkylation sites (N-methyl/N-ethyl adjacent to an activating group) is 1. The van der Waals surface area contributed by atoms with Crippen LogP contribution in [0.1, 0.15) is 37.0 Å². The molecule has 0 aliphatic rings. The van der Waals surface area contributed by atoms with Crippen LogP contribution >= 0.6 is 11.8 Å². The van der Waals surface area contributed by atoms with E-state index in [4.69, 9.17) is 4.74 Å². The van der Waals surface area contributed by atoms with Crippen LogP contribution in [0.3, 0.4) is 0 Å². The molecule has 0 radical (unpaired) electrons. The SMILES string of the molecule is C=CCN(C)CC=CCOc1ccc(C(=O)CCC=C(C)C)c(SC)c1. The first-order valence-electron chi connectivity index (χ1n) is 8.89. The van der Waals surface area contributed by atoms with E-state index in [9.17, 15) is 4.79 Å². The second kappa shape index (κ2) is 12.6. The molecule has 0 N–H and O–H groups in total. The highest BCUT2D eigenvalue weighted by molar-refractivity contribution is 7.98. The van der Waals surface area contributed by atoms with E-state index in [-0.39, 0.29) is 5.78 Å². The Kier molecular flexibility index (Phi) is 10.7. The van der Waals surface area contributed by atoms with Crippen LogP contribution in [0.25, 0.3) is 0 Å². The van der Waals surface area contributed by atoms with Crippen LogP contribution < -0.4 is 4.74 Å². The first-order valence-corrected chi connectivity index (χ1v) is 10.1. The molecular formula is C22H31NO2S. The first-order chi connectivity index (χ1) is 12.5. The summed E-state index contributed by atoms with van der Waals surface area (Å²) in [5, 5.41) is 0. The van der Waals surface area contributed by atoms with Crippen molar-refractivity contribution in [2.45, 2.75) is 31.6 Å². The number of hydrogen-bond donors (Lipinski definition) is 0. The van der Waals surface area contributed by atoms with Crippen LogP contribution in [-0.4, -0.2) is 43.7 Å². The van der Waals surface area contributed by atoms with E-state index >= 15 is 0 Å². The number of thioether (sulfide) groups is 1. The largest absolute Gasteiger partial charge is 0.490 e. The van der Waals surface area contributed by atoms with Crippen molar-refractivity contribution in [3.63, 3.8) is 0 Å². The van der Waals surface area contributed by atoms with Crippen LogP contribution in [0, 0.1) is 0 Å². The fourth-order valence-corrected chi connectivity index (χ4v) is 3.02. The summed E-state index contributed by atoms with van der Waals surface area (Å²) in [5.74, 6) is 0.975. The Morgan fingerprint density at radius 3 is 2.69 bits per heavy atom. The van der Waals surface area contributed by atoms with Crippen LogP contribution in [-0.2, 0) is 0 Å². The average molecular weight is 374 g/mol. The minimum absolute atomic E-state index is 0.184. The van der Waals surface area contributed by atoms with E-state index in [2.05, 4.69) is 37.5 Å². The van der Waals surface area contributed by atoms with Gasteiger partial charge in [-0.2, -0.15) is 0 Å². The standard InChI is InChI=1S/C22H31NO2S/c1-6-14-23(4)15-7-8-16-25-19-12-13-20(22(17-19)26-5)21(24)11-9-10-18(2)3/h6-8,10,12-13,17H,1,9,11,14-16H2,2-5H3. The Morgan fingerprint density at radius 2 is 2.04 bits per heavy atom. The van der Waals surface area contributed by atoms with Gasteiger partial charge in [-0.25, -0.2) is 0 Å². The minimum Gasteiger partial charge on any atom is -0.490 e. The van der Waals surface area contributed by atoms with Crippen molar-refractivity contribution in [1.29, 1.82) is 0 Å². The van der Waals surface area contributed by atoms with Crippen molar-refractivity contribution in [3.05, 3.63) is 60.2 Å². The van der Waals surface area contributed by atoms with E-state index in [1.165, 1.54) is 5.57 Å². The molecule has 0 unspecified atom stereocenters. The van der Waals surface area contributed by atoms with Gasteiger partial charge >= 0.3 is 0 Å². The summed E-state index contributed by atoms with van der Waals surface area (Å²) in [6, 6.07) is 5.72. The summed E-state index contributed by atoms with van der Waals surface area (Å²) in [4.78, 5) is 15.6. The summed E-state index contributed by atoms with van der Waals surface area (Å²) in [6.45, 7) is 10.1. The Morgan fingerprint density at radius 1 is 1.27 bits per heavy atom. The zero-order valence-corrected chi connectivity index (χ0v) is 17.3. The zero-order chi connectivity index (χ0) is 19.4. The predicted molar refractivity (Wildman–Crippen MR) is 114 cm³/mol. The van der Waals surface area contributed by atoms with Crippen LogP contribution in [0.5, 0.6) is 5.75 Å². The van der Waals surface area contributed by atoms with Gasteiger partial charge in [0.05, 0.1) is 0 Å². The number of nitrogens with zero attached hydrogens (tertiary/aromatic N) is 1. The second-order valence-electron chi connectivity index (χ2n) is 6.40. The van der Waals surface area contributed by atoms with E-state index in [0.29, 0.717) is 13.0 Å². The number of rotatable bonds is 12. The van der Waals surface area contributed by atoms with Crippen molar-refractivity contribution >= 4 is 17.5 Å². The van der Waals surface area contributed by atoms with Gasteiger partial charge in [-0.3, -0.25) is 9.69 Å². The third-order valence-corrected chi connectivity index (χ3v) is 4.55. The van der Waals surface area contributed by atoms with Gasteiger partial charge < -0.3 is 4.74 Å². The number of Topliss-reactive ketones (excluding diaryl/α,β-unsaturated/α-hetero) is 1. The van der Waals surface area contributed by atoms with Gasteiger partial charge in [0, 0.05) is 30.0 Å². The van der Waals surface area contributed by atoms with E-state index in [1.807, 2.05) is 43.7 Å². The summed E-state index contributed by atoms with van der Waals surface area (Å²) >= 11 is 1.58. The zero-order valence-electron chi connectivity index (χ0n) is 16.5. The van der Waals surface area contributed by atoms with Gasteiger partial charge in [-0.05, 0) is 51.8 Å². The summed E-state index contributed by atoms with van der Waals surface area (Å²) in [5.41, 5.74) is 2.03. The molecule has 0 aliphatic carbocycles. The Balaban J connectivity index is 2.59. The van der Waals surface area contributed by atoms with Gasteiger partial charge in [-0.1, -0.05) is 29.9 Å². The lowest BCUT2D eigenvalue weighted by molar-refractivity contribution is 0.0981.